The Morgan fingerprint density at radius 2 is 2.26 bits per heavy atom. The van der Waals surface area contributed by atoms with E-state index >= 15 is 0 Å². The van der Waals surface area contributed by atoms with Crippen molar-refractivity contribution in [3.05, 3.63) is 38.8 Å². The lowest BCUT2D eigenvalue weighted by Crippen LogP contribution is -2.12. The summed E-state index contributed by atoms with van der Waals surface area (Å²) in [6.45, 7) is 0. The molecule has 0 spiro atoms. The standard InChI is InChI=1S/C13H11BrN2OS2/c14-7-4-5-8(10(18)6-7)12(17)16-13-15-9-2-1-3-11(9)19-13/h4-6,18H,1-3H2,(H,15,16,17). The lowest BCUT2D eigenvalue weighted by molar-refractivity contribution is 0.102. The van der Waals surface area contributed by atoms with Gasteiger partial charge in [-0.25, -0.2) is 4.98 Å². The fraction of sp³-hybridized carbons (Fsp3) is 0.231. The van der Waals surface area contributed by atoms with Crippen LogP contribution in [0, 0.1) is 0 Å². The maximum atomic E-state index is 12.2. The van der Waals surface area contributed by atoms with Gasteiger partial charge < -0.3 is 0 Å². The molecule has 3 rings (SSSR count). The summed E-state index contributed by atoms with van der Waals surface area (Å²) >= 11 is 9.25. The molecule has 0 unspecified atom stereocenters. The Morgan fingerprint density at radius 1 is 1.42 bits per heavy atom. The molecule has 3 nitrogen and oxygen atoms in total. The molecule has 0 saturated carbocycles. The van der Waals surface area contributed by atoms with Crippen LogP contribution in [0.5, 0.6) is 0 Å². The van der Waals surface area contributed by atoms with Gasteiger partial charge in [-0.2, -0.15) is 0 Å². The van der Waals surface area contributed by atoms with E-state index in [2.05, 4.69) is 38.9 Å². The summed E-state index contributed by atoms with van der Waals surface area (Å²) in [4.78, 5) is 18.6. The molecule has 2 aromatic rings. The van der Waals surface area contributed by atoms with Gasteiger partial charge in [0.15, 0.2) is 5.13 Å². The summed E-state index contributed by atoms with van der Waals surface area (Å²) in [5.74, 6) is -0.162. The molecule has 1 heterocycles. The second-order valence-electron chi connectivity index (χ2n) is 4.36. The zero-order valence-corrected chi connectivity index (χ0v) is 13.2. The van der Waals surface area contributed by atoms with Crippen LogP contribution in [0.15, 0.2) is 27.6 Å². The highest BCUT2D eigenvalue weighted by Crippen LogP contribution is 2.31. The minimum absolute atomic E-state index is 0.162. The first-order valence-electron chi connectivity index (χ1n) is 5.92. The first-order valence-corrected chi connectivity index (χ1v) is 7.97. The van der Waals surface area contributed by atoms with Crippen LogP contribution in [0.25, 0.3) is 0 Å². The summed E-state index contributed by atoms with van der Waals surface area (Å²) < 4.78 is 0.905. The molecule has 0 radical (unpaired) electrons. The Kier molecular flexibility index (Phi) is 3.64. The largest absolute Gasteiger partial charge is 0.298 e. The number of benzene rings is 1. The van der Waals surface area contributed by atoms with E-state index in [0.29, 0.717) is 15.6 Å². The van der Waals surface area contributed by atoms with E-state index in [1.807, 2.05) is 6.07 Å². The van der Waals surface area contributed by atoms with E-state index in [1.54, 1.807) is 23.5 Å². The van der Waals surface area contributed by atoms with Gasteiger partial charge in [-0.15, -0.1) is 24.0 Å². The highest BCUT2D eigenvalue weighted by molar-refractivity contribution is 9.10. The van der Waals surface area contributed by atoms with Gasteiger partial charge in [0.2, 0.25) is 0 Å². The average molecular weight is 355 g/mol. The number of halogens is 1. The van der Waals surface area contributed by atoms with Crippen molar-refractivity contribution in [3.8, 4) is 0 Å². The Hall–Kier alpha value is -0.850. The number of thiazole rings is 1. The monoisotopic (exact) mass is 354 g/mol. The number of anilines is 1. The summed E-state index contributed by atoms with van der Waals surface area (Å²) in [6.07, 6.45) is 3.28. The number of nitrogens with zero attached hydrogens (tertiary/aromatic N) is 1. The van der Waals surface area contributed by atoms with Crippen molar-refractivity contribution in [2.24, 2.45) is 0 Å². The number of aryl methyl sites for hydroxylation is 2. The second-order valence-corrected chi connectivity index (χ2v) is 6.84. The van der Waals surface area contributed by atoms with Crippen LogP contribution >= 0.6 is 39.9 Å². The molecule has 0 aliphatic heterocycles. The fourth-order valence-corrected chi connectivity index (χ4v) is 4.00. The van der Waals surface area contributed by atoms with E-state index < -0.39 is 0 Å². The number of hydrogen-bond donors (Lipinski definition) is 2. The number of rotatable bonds is 2. The molecule has 0 atom stereocenters. The molecule has 1 aliphatic carbocycles. The SMILES string of the molecule is O=C(Nc1nc2c(s1)CCC2)c1ccc(Br)cc1S. The topological polar surface area (TPSA) is 42.0 Å². The molecule has 0 bridgehead atoms. The number of carbonyl (C=O) groups is 1. The normalized spacial score (nSPS) is 13.4. The molecule has 0 fully saturated rings. The van der Waals surface area contributed by atoms with E-state index in [4.69, 9.17) is 0 Å². The average Bonchev–Trinajstić information content (AvgIpc) is 2.89. The molecule has 19 heavy (non-hydrogen) atoms. The van der Waals surface area contributed by atoms with Crippen molar-refractivity contribution < 1.29 is 4.79 Å². The first kappa shape index (κ1) is 13.1. The van der Waals surface area contributed by atoms with Gasteiger partial charge in [0.1, 0.15) is 0 Å². The van der Waals surface area contributed by atoms with Gasteiger partial charge in [0, 0.05) is 14.2 Å². The summed E-state index contributed by atoms with van der Waals surface area (Å²) in [7, 11) is 0. The summed E-state index contributed by atoms with van der Waals surface area (Å²) in [5, 5.41) is 3.54. The number of hydrogen-bond acceptors (Lipinski definition) is 4. The quantitative estimate of drug-likeness (QED) is 0.802. The highest BCUT2D eigenvalue weighted by atomic mass is 79.9. The number of aromatic nitrogens is 1. The van der Waals surface area contributed by atoms with Crippen molar-refractivity contribution in [2.45, 2.75) is 24.2 Å². The Labute approximate surface area is 129 Å². The molecule has 1 amide bonds. The third kappa shape index (κ3) is 2.70. The summed E-state index contributed by atoms with van der Waals surface area (Å²) in [6, 6.07) is 5.39. The van der Waals surface area contributed by atoms with E-state index in [9.17, 15) is 4.79 Å². The van der Waals surface area contributed by atoms with E-state index in [1.165, 1.54) is 11.3 Å². The van der Waals surface area contributed by atoms with Gasteiger partial charge in [-0.1, -0.05) is 15.9 Å². The lowest BCUT2D eigenvalue weighted by atomic mass is 10.2. The van der Waals surface area contributed by atoms with Crippen molar-refractivity contribution in [2.75, 3.05) is 5.32 Å². The van der Waals surface area contributed by atoms with Crippen LogP contribution in [0.4, 0.5) is 5.13 Å². The fourth-order valence-electron chi connectivity index (χ4n) is 2.11. The zero-order chi connectivity index (χ0) is 13.4. The van der Waals surface area contributed by atoms with Gasteiger partial charge in [0.05, 0.1) is 11.3 Å². The number of fused-ring (bicyclic) bond motifs is 1. The molecule has 0 saturated heterocycles. The molecule has 1 N–H and O–H groups in total. The molecular weight excluding hydrogens is 344 g/mol. The van der Waals surface area contributed by atoms with Gasteiger partial charge in [-0.05, 0) is 37.5 Å². The highest BCUT2D eigenvalue weighted by Gasteiger charge is 2.18. The number of thiol groups is 1. The maximum absolute atomic E-state index is 12.2. The number of amides is 1. The Morgan fingerprint density at radius 3 is 3.00 bits per heavy atom. The smallest absolute Gasteiger partial charge is 0.258 e. The zero-order valence-electron chi connectivity index (χ0n) is 9.94. The number of nitrogens with one attached hydrogen (secondary N) is 1. The Bertz CT molecular complexity index is 633. The van der Waals surface area contributed by atoms with E-state index in [0.717, 1.165) is 23.0 Å². The van der Waals surface area contributed by atoms with Crippen molar-refractivity contribution in [1.29, 1.82) is 0 Å². The third-order valence-corrected chi connectivity index (χ3v) is 4.96. The van der Waals surface area contributed by atoms with Crippen molar-refractivity contribution in [3.63, 3.8) is 0 Å². The minimum Gasteiger partial charge on any atom is -0.298 e. The Balaban J connectivity index is 1.80. The minimum atomic E-state index is -0.162. The van der Waals surface area contributed by atoms with Crippen molar-refractivity contribution in [1.82, 2.24) is 4.98 Å². The first-order chi connectivity index (χ1) is 9.13. The molecule has 6 heteroatoms. The molecule has 1 aliphatic rings. The molecular formula is C13H11BrN2OS2. The van der Waals surface area contributed by atoms with Crippen LogP contribution in [0.1, 0.15) is 27.3 Å². The predicted molar refractivity (Wildman–Crippen MR) is 83.5 cm³/mol. The summed E-state index contributed by atoms with van der Waals surface area (Å²) in [5.41, 5.74) is 1.70. The van der Waals surface area contributed by atoms with Crippen LogP contribution < -0.4 is 5.32 Å². The van der Waals surface area contributed by atoms with Crippen LogP contribution in [0.3, 0.4) is 0 Å². The van der Waals surface area contributed by atoms with Crippen LogP contribution in [-0.4, -0.2) is 10.9 Å². The van der Waals surface area contributed by atoms with Crippen LogP contribution in [-0.2, 0) is 12.8 Å². The third-order valence-electron chi connectivity index (χ3n) is 3.02. The molecule has 1 aromatic heterocycles. The van der Waals surface area contributed by atoms with Gasteiger partial charge >= 0.3 is 0 Å². The van der Waals surface area contributed by atoms with Crippen LogP contribution in [0.2, 0.25) is 0 Å². The predicted octanol–water partition coefficient (Wildman–Crippen LogP) is 3.94. The molecule has 1 aromatic carbocycles. The van der Waals surface area contributed by atoms with E-state index in [-0.39, 0.29) is 5.91 Å². The van der Waals surface area contributed by atoms with Gasteiger partial charge in [-0.3, -0.25) is 10.1 Å². The van der Waals surface area contributed by atoms with Crippen molar-refractivity contribution >= 4 is 50.9 Å². The van der Waals surface area contributed by atoms with Gasteiger partial charge in [0.25, 0.3) is 5.91 Å². The second kappa shape index (κ2) is 5.26. The molecule has 98 valence electrons. The maximum Gasteiger partial charge on any atom is 0.258 e. The number of carbonyl (C=O) groups excluding carboxylic acids is 1. The lowest BCUT2D eigenvalue weighted by Gasteiger charge is -2.05.